The van der Waals surface area contributed by atoms with E-state index < -0.39 is 21.7 Å². The van der Waals surface area contributed by atoms with Crippen LogP contribution in [0, 0.1) is 5.92 Å². The molecule has 1 amide bonds. The first-order chi connectivity index (χ1) is 12.2. The second-order valence-corrected chi connectivity index (χ2v) is 8.18. The molecule has 0 aromatic heterocycles. The van der Waals surface area contributed by atoms with Crippen molar-refractivity contribution in [3.63, 3.8) is 0 Å². The van der Waals surface area contributed by atoms with Crippen LogP contribution in [-0.4, -0.2) is 43.9 Å². The molecule has 6 nitrogen and oxygen atoms in total. The Kier molecular flexibility index (Phi) is 6.15. The summed E-state index contributed by atoms with van der Waals surface area (Å²) in [6, 6.07) is 14.6. The molecule has 0 saturated heterocycles. The lowest BCUT2D eigenvalue weighted by Crippen LogP contribution is -2.33. The summed E-state index contributed by atoms with van der Waals surface area (Å²) in [5, 5.41) is 8.93. The van der Waals surface area contributed by atoms with Gasteiger partial charge in [-0.3, -0.25) is 9.59 Å². The third kappa shape index (κ3) is 4.92. The first-order valence-electron chi connectivity index (χ1n) is 8.05. The predicted octanol–water partition coefficient (Wildman–Crippen LogP) is 2.45. The van der Waals surface area contributed by atoms with Gasteiger partial charge in [-0.1, -0.05) is 37.3 Å². The quantitative estimate of drug-likeness (QED) is 0.803. The average molecular weight is 375 g/mol. The summed E-state index contributed by atoms with van der Waals surface area (Å²) in [5.41, 5.74) is 0.999. The van der Waals surface area contributed by atoms with Gasteiger partial charge in [0.25, 0.3) is 5.91 Å². The number of carbonyl (C=O) groups excluding carboxylic acids is 1. The molecule has 0 aliphatic carbocycles. The van der Waals surface area contributed by atoms with Crippen molar-refractivity contribution >= 4 is 21.7 Å². The molecule has 1 N–H and O–H groups in total. The van der Waals surface area contributed by atoms with Crippen molar-refractivity contribution in [1.82, 2.24) is 4.90 Å². The second kappa shape index (κ2) is 8.14. The maximum atomic E-state index is 12.5. The van der Waals surface area contributed by atoms with E-state index >= 15 is 0 Å². The number of aliphatic carboxylic acids is 1. The Morgan fingerprint density at radius 3 is 2.15 bits per heavy atom. The van der Waals surface area contributed by atoms with Crippen molar-refractivity contribution in [3.05, 3.63) is 65.7 Å². The number of carboxylic acid groups (broad SMARTS) is 1. The summed E-state index contributed by atoms with van der Waals surface area (Å²) in [6.07, 6.45) is 0. The molecule has 26 heavy (non-hydrogen) atoms. The molecule has 0 saturated carbocycles. The third-order valence-electron chi connectivity index (χ3n) is 3.98. The van der Waals surface area contributed by atoms with Crippen LogP contribution in [0.1, 0.15) is 22.8 Å². The van der Waals surface area contributed by atoms with E-state index in [1.807, 2.05) is 6.07 Å². The van der Waals surface area contributed by atoms with Gasteiger partial charge >= 0.3 is 5.97 Å². The van der Waals surface area contributed by atoms with Gasteiger partial charge in [0.1, 0.15) is 0 Å². The monoisotopic (exact) mass is 375 g/mol. The number of hydrogen-bond acceptors (Lipinski definition) is 4. The van der Waals surface area contributed by atoms with E-state index in [1.54, 1.807) is 24.3 Å². The first kappa shape index (κ1) is 19.7. The van der Waals surface area contributed by atoms with Gasteiger partial charge in [-0.05, 0) is 29.8 Å². The predicted molar refractivity (Wildman–Crippen MR) is 97.5 cm³/mol. The van der Waals surface area contributed by atoms with Crippen LogP contribution in [0.4, 0.5) is 0 Å². The van der Waals surface area contributed by atoms with Crippen LogP contribution in [0.2, 0.25) is 0 Å². The minimum atomic E-state index is -3.51. The maximum absolute atomic E-state index is 12.5. The van der Waals surface area contributed by atoms with Crippen LogP contribution in [0.5, 0.6) is 0 Å². The van der Waals surface area contributed by atoms with E-state index in [9.17, 15) is 18.0 Å². The highest BCUT2D eigenvalue weighted by Crippen LogP contribution is 2.18. The Hall–Kier alpha value is -2.67. The van der Waals surface area contributed by atoms with Crippen molar-refractivity contribution in [3.8, 4) is 0 Å². The molecule has 2 aromatic rings. The molecule has 0 fully saturated rings. The molecule has 0 spiro atoms. The van der Waals surface area contributed by atoms with Crippen molar-refractivity contribution in [2.24, 2.45) is 5.92 Å². The second-order valence-electron chi connectivity index (χ2n) is 6.19. The molecular formula is C19H21NO5S. The van der Waals surface area contributed by atoms with Crippen molar-refractivity contribution < 1.29 is 23.1 Å². The summed E-state index contributed by atoms with van der Waals surface area (Å²) < 4.78 is 25.0. The van der Waals surface area contributed by atoms with Gasteiger partial charge < -0.3 is 10.0 Å². The Bertz CT molecular complexity index is 876. The fourth-order valence-electron chi connectivity index (χ4n) is 2.47. The minimum Gasteiger partial charge on any atom is -0.481 e. The normalized spacial score (nSPS) is 12.4. The zero-order valence-corrected chi connectivity index (χ0v) is 15.4. The summed E-state index contributed by atoms with van der Waals surface area (Å²) in [4.78, 5) is 24.7. The van der Waals surface area contributed by atoms with Crippen LogP contribution in [0.25, 0.3) is 0 Å². The highest BCUT2D eigenvalue weighted by Gasteiger charge is 2.20. The Morgan fingerprint density at radius 1 is 1.04 bits per heavy atom. The SMILES string of the molecule is CC(CN(C)C(=O)c1ccc(S(=O)(=O)Cc2ccccc2)cc1)C(=O)O. The zero-order chi connectivity index (χ0) is 19.3. The van der Waals surface area contributed by atoms with Gasteiger partial charge in [0, 0.05) is 19.2 Å². The van der Waals surface area contributed by atoms with Crippen LogP contribution < -0.4 is 0 Å². The highest BCUT2D eigenvalue weighted by molar-refractivity contribution is 7.90. The molecular weight excluding hydrogens is 354 g/mol. The van der Waals surface area contributed by atoms with Crippen LogP contribution in [0.3, 0.4) is 0 Å². The molecule has 138 valence electrons. The molecule has 1 atom stereocenters. The first-order valence-corrected chi connectivity index (χ1v) is 9.71. The maximum Gasteiger partial charge on any atom is 0.308 e. The summed E-state index contributed by atoms with van der Waals surface area (Å²) >= 11 is 0. The van der Waals surface area contributed by atoms with Gasteiger partial charge in [-0.25, -0.2) is 8.42 Å². The Morgan fingerprint density at radius 2 is 1.62 bits per heavy atom. The van der Waals surface area contributed by atoms with E-state index in [0.29, 0.717) is 11.1 Å². The number of sulfone groups is 1. The smallest absolute Gasteiger partial charge is 0.308 e. The number of nitrogens with zero attached hydrogens (tertiary/aromatic N) is 1. The number of rotatable bonds is 7. The number of amides is 1. The Balaban J connectivity index is 2.12. The van der Waals surface area contributed by atoms with E-state index in [1.165, 1.54) is 43.1 Å². The summed E-state index contributed by atoms with van der Waals surface area (Å²) in [5.74, 6) is -2.14. The lowest BCUT2D eigenvalue weighted by molar-refractivity contribution is -0.141. The average Bonchev–Trinajstić information content (AvgIpc) is 2.61. The van der Waals surface area contributed by atoms with E-state index in [4.69, 9.17) is 5.11 Å². The molecule has 2 rings (SSSR count). The van der Waals surface area contributed by atoms with Crippen LogP contribution in [-0.2, 0) is 20.4 Å². The van der Waals surface area contributed by atoms with Crippen LogP contribution in [0.15, 0.2) is 59.5 Å². The largest absolute Gasteiger partial charge is 0.481 e. The molecule has 0 aliphatic rings. The molecule has 1 unspecified atom stereocenters. The van der Waals surface area contributed by atoms with Crippen molar-refractivity contribution in [1.29, 1.82) is 0 Å². The van der Waals surface area contributed by atoms with E-state index in [0.717, 1.165) is 0 Å². The zero-order valence-electron chi connectivity index (χ0n) is 14.6. The van der Waals surface area contributed by atoms with Gasteiger partial charge in [0.2, 0.25) is 0 Å². The summed E-state index contributed by atoms with van der Waals surface area (Å²) in [6.45, 7) is 1.59. The number of carbonyl (C=O) groups is 2. The topological polar surface area (TPSA) is 91.8 Å². The molecule has 0 aliphatic heterocycles. The standard InChI is InChI=1S/C19H21NO5S/c1-14(19(22)23)12-20(2)18(21)16-8-10-17(11-9-16)26(24,25)13-15-6-4-3-5-7-15/h3-11,14H,12-13H2,1-2H3,(H,22,23). The van der Waals surface area contributed by atoms with E-state index in [2.05, 4.69) is 0 Å². The molecule has 7 heteroatoms. The lowest BCUT2D eigenvalue weighted by Gasteiger charge is -2.19. The minimum absolute atomic E-state index is 0.0717. The lowest BCUT2D eigenvalue weighted by atomic mass is 10.1. The Labute approximate surface area is 153 Å². The van der Waals surface area contributed by atoms with E-state index in [-0.39, 0.29) is 23.1 Å². The van der Waals surface area contributed by atoms with Gasteiger partial charge in [0.05, 0.1) is 16.6 Å². The molecule has 0 bridgehead atoms. The van der Waals surface area contributed by atoms with Crippen LogP contribution >= 0.6 is 0 Å². The molecule has 0 heterocycles. The van der Waals surface area contributed by atoms with Gasteiger partial charge in [0.15, 0.2) is 9.84 Å². The van der Waals surface area contributed by atoms with Gasteiger partial charge in [-0.2, -0.15) is 0 Å². The summed E-state index contributed by atoms with van der Waals surface area (Å²) in [7, 11) is -1.99. The number of hydrogen-bond donors (Lipinski definition) is 1. The van der Waals surface area contributed by atoms with Gasteiger partial charge in [-0.15, -0.1) is 0 Å². The molecule has 0 radical (unpaired) electrons. The number of benzene rings is 2. The highest BCUT2D eigenvalue weighted by atomic mass is 32.2. The van der Waals surface area contributed by atoms with Crippen molar-refractivity contribution in [2.45, 2.75) is 17.6 Å². The fraction of sp³-hybridized carbons (Fsp3) is 0.263. The molecule has 2 aromatic carbocycles. The third-order valence-corrected chi connectivity index (χ3v) is 5.68. The number of carboxylic acids is 1. The van der Waals surface area contributed by atoms with Crippen molar-refractivity contribution in [2.75, 3.05) is 13.6 Å². The fourth-order valence-corrected chi connectivity index (χ4v) is 3.82.